The van der Waals surface area contributed by atoms with Crippen LogP contribution >= 0.6 is 0 Å². The van der Waals surface area contributed by atoms with Gasteiger partial charge in [-0.3, -0.25) is 9.59 Å². The summed E-state index contributed by atoms with van der Waals surface area (Å²) in [6, 6.07) is 0. The summed E-state index contributed by atoms with van der Waals surface area (Å²) < 4.78 is 0. The van der Waals surface area contributed by atoms with Crippen molar-refractivity contribution in [2.45, 2.75) is 90.4 Å². The molecule has 0 unspecified atom stereocenters. The second kappa shape index (κ2) is 12.2. The molecule has 1 aliphatic carbocycles. The molecular weight excluding hydrogens is 288 g/mol. The fraction of sp³-hybridized carbons (Fsp3) is 0.800. The molecule has 0 bridgehead atoms. The molecule has 130 valence electrons. The number of hydrogen-bond donors (Lipinski definition) is 1. The van der Waals surface area contributed by atoms with Crippen molar-refractivity contribution < 1.29 is 14.7 Å². The summed E-state index contributed by atoms with van der Waals surface area (Å²) in [6.45, 7) is 2.21. The zero-order valence-electron chi connectivity index (χ0n) is 14.6. The molecule has 0 spiro atoms. The molecular formula is C20H32O3. The minimum atomic E-state index is -0.717. The van der Waals surface area contributed by atoms with Crippen molar-refractivity contribution in [1.82, 2.24) is 0 Å². The Morgan fingerprint density at radius 2 is 1.87 bits per heavy atom. The Labute approximate surface area is 141 Å². The Morgan fingerprint density at radius 1 is 1.13 bits per heavy atom. The zero-order chi connectivity index (χ0) is 16.9. The van der Waals surface area contributed by atoms with E-state index in [1.54, 1.807) is 0 Å². The van der Waals surface area contributed by atoms with Crippen LogP contribution < -0.4 is 0 Å². The molecule has 0 saturated heterocycles. The summed E-state index contributed by atoms with van der Waals surface area (Å²) in [5, 5.41) is 8.60. The highest BCUT2D eigenvalue weighted by Gasteiger charge is 2.32. The van der Waals surface area contributed by atoms with Gasteiger partial charge in [0.1, 0.15) is 5.78 Å². The highest BCUT2D eigenvalue weighted by molar-refractivity contribution is 5.83. The van der Waals surface area contributed by atoms with E-state index in [-0.39, 0.29) is 18.3 Å². The number of hydrogen-bond acceptors (Lipinski definition) is 2. The Kier molecular flexibility index (Phi) is 10.4. The maximum absolute atomic E-state index is 12.0. The van der Waals surface area contributed by atoms with Gasteiger partial charge in [0.25, 0.3) is 0 Å². The van der Waals surface area contributed by atoms with Crippen LogP contribution in [0.3, 0.4) is 0 Å². The van der Waals surface area contributed by atoms with E-state index in [2.05, 4.69) is 18.8 Å². The van der Waals surface area contributed by atoms with Gasteiger partial charge in [0, 0.05) is 31.1 Å². The Balaban J connectivity index is 2.22. The summed E-state index contributed by atoms with van der Waals surface area (Å²) in [4.78, 5) is 22.5. The standard InChI is InChI=1S/C20H32O3/c1-2-3-4-5-6-9-12-17-15-16-19(21)18(17)13-10-7-8-11-14-20(22)23/h17-18H,2-8,10-11,13-16H2,1H3,(H,22,23)/t17-,18+/m0/s1. The number of carbonyl (C=O) groups excluding carboxylic acids is 1. The highest BCUT2D eigenvalue weighted by atomic mass is 16.4. The number of Topliss-reactive ketones (excluding diaryl/α,β-unsaturated/α-hetero) is 1. The van der Waals surface area contributed by atoms with Crippen LogP contribution in [0.5, 0.6) is 0 Å². The molecule has 0 aromatic heterocycles. The fourth-order valence-electron chi connectivity index (χ4n) is 3.28. The molecule has 2 atom stereocenters. The van der Waals surface area contributed by atoms with Crippen LogP contribution in [0.15, 0.2) is 0 Å². The third kappa shape index (κ3) is 8.79. The molecule has 0 heterocycles. The van der Waals surface area contributed by atoms with E-state index in [0.717, 1.165) is 44.9 Å². The quantitative estimate of drug-likeness (QED) is 0.431. The molecule has 23 heavy (non-hydrogen) atoms. The van der Waals surface area contributed by atoms with Gasteiger partial charge in [-0.25, -0.2) is 0 Å². The van der Waals surface area contributed by atoms with Crippen LogP contribution in [-0.4, -0.2) is 16.9 Å². The second-order valence-electron chi connectivity index (χ2n) is 6.70. The second-order valence-corrected chi connectivity index (χ2v) is 6.70. The van der Waals surface area contributed by atoms with Gasteiger partial charge in [-0.15, -0.1) is 5.92 Å². The summed E-state index contributed by atoms with van der Waals surface area (Å²) in [7, 11) is 0. The lowest BCUT2D eigenvalue weighted by molar-refractivity contribution is -0.137. The van der Waals surface area contributed by atoms with Crippen LogP contribution in [0.25, 0.3) is 0 Å². The lowest BCUT2D eigenvalue weighted by Crippen LogP contribution is -2.13. The fourth-order valence-corrected chi connectivity index (χ4v) is 3.28. The first-order chi connectivity index (χ1) is 11.1. The molecule has 0 aromatic rings. The first-order valence-corrected chi connectivity index (χ1v) is 9.38. The van der Waals surface area contributed by atoms with Gasteiger partial charge >= 0.3 is 5.97 Å². The van der Waals surface area contributed by atoms with E-state index in [9.17, 15) is 9.59 Å². The number of unbranched alkanes of at least 4 members (excludes halogenated alkanes) is 7. The largest absolute Gasteiger partial charge is 0.481 e. The van der Waals surface area contributed by atoms with E-state index in [1.807, 2.05) is 0 Å². The normalized spacial score (nSPS) is 20.3. The molecule has 1 saturated carbocycles. The zero-order valence-corrected chi connectivity index (χ0v) is 14.6. The molecule has 0 amide bonds. The van der Waals surface area contributed by atoms with Gasteiger partial charge in [0.2, 0.25) is 0 Å². The maximum atomic E-state index is 12.0. The van der Waals surface area contributed by atoms with Gasteiger partial charge in [0.05, 0.1) is 0 Å². The lowest BCUT2D eigenvalue weighted by Gasteiger charge is -2.12. The van der Waals surface area contributed by atoms with Gasteiger partial charge in [-0.05, 0) is 25.7 Å². The molecule has 0 aromatic carbocycles. The molecule has 1 N–H and O–H groups in total. The van der Waals surface area contributed by atoms with Crippen molar-refractivity contribution >= 4 is 11.8 Å². The van der Waals surface area contributed by atoms with Crippen molar-refractivity contribution in [1.29, 1.82) is 0 Å². The van der Waals surface area contributed by atoms with E-state index < -0.39 is 5.97 Å². The smallest absolute Gasteiger partial charge is 0.303 e. The summed E-state index contributed by atoms with van der Waals surface area (Å²) in [6.07, 6.45) is 12.5. The SMILES string of the molecule is CCCCCCC#C[C@H]1CCC(=O)[C@@H]1CCCCCCC(=O)O. The molecule has 3 heteroatoms. The molecule has 3 nitrogen and oxygen atoms in total. The van der Waals surface area contributed by atoms with Crippen molar-refractivity contribution in [2.24, 2.45) is 11.8 Å². The van der Waals surface area contributed by atoms with Crippen molar-refractivity contribution in [3.05, 3.63) is 0 Å². The maximum Gasteiger partial charge on any atom is 0.303 e. The highest BCUT2D eigenvalue weighted by Crippen LogP contribution is 2.32. The van der Waals surface area contributed by atoms with Crippen LogP contribution in [0, 0.1) is 23.7 Å². The number of carboxylic acids is 1. The van der Waals surface area contributed by atoms with E-state index in [1.165, 1.54) is 25.7 Å². The first kappa shape index (κ1) is 19.7. The average molecular weight is 320 g/mol. The summed E-state index contributed by atoms with van der Waals surface area (Å²) in [5.74, 6) is 6.73. The predicted molar refractivity (Wildman–Crippen MR) is 93.1 cm³/mol. The van der Waals surface area contributed by atoms with Gasteiger partial charge in [-0.2, -0.15) is 0 Å². The lowest BCUT2D eigenvalue weighted by atomic mass is 9.90. The van der Waals surface area contributed by atoms with Crippen molar-refractivity contribution in [2.75, 3.05) is 0 Å². The minimum absolute atomic E-state index is 0.137. The topological polar surface area (TPSA) is 54.4 Å². The Hall–Kier alpha value is -1.30. The molecule has 1 rings (SSSR count). The predicted octanol–water partition coefficient (Wildman–Crippen LogP) is 4.98. The average Bonchev–Trinajstić information content (AvgIpc) is 2.86. The minimum Gasteiger partial charge on any atom is -0.481 e. The van der Waals surface area contributed by atoms with E-state index >= 15 is 0 Å². The number of rotatable bonds is 11. The number of carboxylic acid groups (broad SMARTS) is 1. The Morgan fingerprint density at radius 3 is 2.61 bits per heavy atom. The van der Waals surface area contributed by atoms with Gasteiger partial charge in [-0.1, -0.05) is 51.4 Å². The third-order valence-electron chi connectivity index (χ3n) is 4.70. The summed E-state index contributed by atoms with van der Waals surface area (Å²) >= 11 is 0. The van der Waals surface area contributed by atoms with Crippen LogP contribution in [0.1, 0.15) is 90.4 Å². The van der Waals surface area contributed by atoms with E-state index in [4.69, 9.17) is 5.11 Å². The van der Waals surface area contributed by atoms with Crippen LogP contribution in [-0.2, 0) is 9.59 Å². The number of aliphatic carboxylic acids is 1. The molecule has 0 radical (unpaired) electrons. The summed E-state index contributed by atoms with van der Waals surface area (Å²) in [5.41, 5.74) is 0. The Bertz CT molecular complexity index is 416. The number of carbonyl (C=O) groups is 2. The third-order valence-corrected chi connectivity index (χ3v) is 4.70. The van der Waals surface area contributed by atoms with Gasteiger partial charge < -0.3 is 5.11 Å². The number of ketones is 1. The molecule has 0 aliphatic heterocycles. The van der Waals surface area contributed by atoms with Crippen molar-refractivity contribution in [3.8, 4) is 11.8 Å². The van der Waals surface area contributed by atoms with Crippen LogP contribution in [0.2, 0.25) is 0 Å². The van der Waals surface area contributed by atoms with E-state index in [0.29, 0.717) is 12.2 Å². The molecule has 1 aliphatic rings. The first-order valence-electron chi connectivity index (χ1n) is 9.38. The van der Waals surface area contributed by atoms with Crippen LogP contribution in [0.4, 0.5) is 0 Å². The van der Waals surface area contributed by atoms with Crippen molar-refractivity contribution in [3.63, 3.8) is 0 Å². The molecule has 1 fully saturated rings. The van der Waals surface area contributed by atoms with Gasteiger partial charge in [0.15, 0.2) is 0 Å². The monoisotopic (exact) mass is 320 g/mol.